The molecule has 0 aliphatic heterocycles. The number of carbonyl (C=O) groups excluding carboxylic acids is 1. The largest absolute Gasteiger partial charge is 0.466 e. The molecule has 94 valence electrons. The summed E-state index contributed by atoms with van der Waals surface area (Å²) < 4.78 is 4.68. The van der Waals surface area contributed by atoms with Crippen LogP contribution in [0.1, 0.15) is 18.9 Å². The molecule has 0 saturated carbocycles. The average Bonchev–Trinajstić information content (AvgIpc) is 2.41. The minimum absolute atomic E-state index is 0.321. The Morgan fingerprint density at radius 3 is 2.83 bits per heavy atom. The van der Waals surface area contributed by atoms with Crippen molar-refractivity contribution in [3.8, 4) is 0 Å². The van der Waals surface area contributed by atoms with E-state index in [1.165, 1.54) is 7.11 Å². The van der Waals surface area contributed by atoms with Crippen LogP contribution in [-0.2, 0) is 16.0 Å². The molecule has 5 heteroatoms. The summed E-state index contributed by atoms with van der Waals surface area (Å²) >= 11 is 0. The maximum absolute atomic E-state index is 11.4. The molecule has 5 nitrogen and oxygen atoms in total. The van der Waals surface area contributed by atoms with Gasteiger partial charge in [0.2, 0.25) is 0 Å². The highest BCUT2D eigenvalue weighted by molar-refractivity contribution is 5.88. The lowest BCUT2D eigenvalue weighted by Crippen LogP contribution is -2.04. The normalized spacial score (nSPS) is 10.7. The predicted molar refractivity (Wildman–Crippen MR) is 69.3 cm³/mol. The third-order valence-corrected chi connectivity index (χ3v) is 2.54. The van der Waals surface area contributed by atoms with Crippen LogP contribution in [0.2, 0.25) is 0 Å². The second kappa shape index (κ2) is 7.14. The molecular weight excluding hydrogens is 230 g/mol. The second-order valence-corrected chi connectivity index (χ2v) is 3.60. The summed E-state index contributed by atoms with van der Waals surface area (Å²) in [6, 6.07) is 7.28. The number of azide groups is 1. The highest BCUT2D eigenvalue weighted by Crippen LogP contribution is 2.20. The van der Waals surface area contributed by atoms with Crippen molar-refractivity contribution < 1.29 is 9.53 Å². The Morgan fingerprint density at radius 1 is 1.50 bits per heavy atom. The number of hydrogen-bond donors (Lipinski definition) is 0. The van der Waals surface area contributed by atoms with Crippen LogP contribution in [0.15, 0.2) is 41.0 Å². The van der Waals surface area contributed by atoms with E-state index in [0.29, 0.717) is 24.1 Å². The van der Waals surface area contributed by atoms with Crippen LogP contribution in [0.5, 0.6) is 0 Å². The molecule has 0 amide bonds. The molecule has 0 bridgehead atoms. The van der Waals surface area contributed by atoms with E-state index < -0.39 is 0 Å². The zero-order valence-corrected chi connectivity index (χ0v) is 10.5. The van der Waals surface area contributed by atoms with Crippen molar-refractivity contribution in [1.82, 2.24) is 0 Å². The molecule has 0 atom stereocenters. The Morgan fingerprint density at radius 2 is 2.22 bits per heavy atom. The van der Waals surface area contributed by atoms with Crippen molar-refractivity contribution >= 4 is 11.7 Å². The third-order valence-electron chi connectivity index (χ3n) is 2.54. The molecule has 0 saturated heterocycles. The third kappa shape index (κ3) is 3.64. The van der Waals surface area contributed by atoms with Gasteiger partial charge in [-0.3, -0.25) is 0 Å². The van der Waals surface area contributed by atoms with Crippen LogP contribution in [0.25, 0.3) is 10.4 Å². The van der Waals surface area contributed by atoms with Gasteiger partial charge in [-0.25, -0.2) is 4.79 Å². The second-order valence-electron chi connectivity index (χ2n) is 3.60. The lowest BCUT2D eigenvalue weighted by Gasteiger charge is -2.04. The number of allylic oxidation sites excluding steroid dienone is 1. The molecule has 0 N–H and O–H groups in total. The topological polar surface area (TPSA) is 75.1 Å². The summed E-state index contributed by atoms with van der Waals surface area (Å²) in [5.41, 5.74) is 10.5. The summed E-state index contributed by atoms with van der Waals surface area (Å²) in [5, 5.41) is 3.61. The molecule has 0 spiro atoms. The maximum Gasteiger partial charge on any atom is 0.333 e. The first-order valence-electron chi connectivity index (χ1n) is 5.63. The first kappa shape index (κ1) is 13.8. The monoisotopic (exact) mass is 245 g/mol. The molecule has 18 heavy (non-hydrogen) atoms. The number of ether oxygens (including phenoxy) is 1. The van der Waals surface area contributed by atoms with E-state index in [0.717, 1.165) is 5.56 Å². The van der Waals surface area contributed by atoms with Crippen LogP contribution in [0.3, 0.4) is 0 Å². The lowest BCUT2D eigenvalue weighted by atomic mass is 10.1. The van der Waals surface area contributed by atoms with Gasteiger partial charge in [-0.2, -0.15) is 0 Å². The summed E-state index contributed by atoms with van der Waals surface area (Å²) in [6.45, 7) is 1.89. The Hall–Kier alpha value is -2.26. The fraction of sp³-hybridized carbons (Fsp3) is 0.308. The summed E-state index contributed by atoms with van der Waals surface area (Å²) in [4.78, 5) is 14.2. The molecule has 0 aliphatic carbocycles. The molecule has 0 unspecified atom stereocenters. The van der Waals surface area contributed by atoms with E-state index in [1.54, 1.807) is 18.2 Å². The van der Waals surface area contributed by atoms with E-state index in [9.17, 15) is 4.79 Å². The van der Waals surface area contributed by atoms with Crippen molar-refractivity contribution in [2.45, 2.75) is 19.8 Å². The molecule has 1 aromatic rings. The SMILES string of the molecule is CC/C(=C/Cc1ccccc1N=[N+]=[N-])C(=O)OC. The van der Waals surface area contributed by atoms with Crippen molar-refractivity contribution in [2.24, 2.45) is 5.11 Å². The van der Waals surface area contributed by atoms with Crippen LogP contribution in [0, 0.1) is 0 Å². The molecule has 0 heterocycles. The molecule has 1 rings (SSSR count). The summed E-state index contributed by atoms with van der Waals surface area (Å²) in [7, 11) is 1.36. The van der Waals surface area contributed by atoms with Crippen molar-refractivity contribution in [3.05, 3.63) is 51.9 Å². The number of methoxy groups -OCH3 is 1. The van der Waals surface area contributed by atoms with Gasteiger partial charge < -0.3 is 4.74 Å². The Kier molecular flexibility index (Phi) is 5.48. The molecule has 1 aromatic carbocycles. The van der Waals surface area contributed by atoms with Crippen LogP contribution >= 0.6 is 0 Å². The standard InChI is InChI=1S/C13H15N3O2/c1-3-10(13(17)18-2)8-9-11-6-4-5-7-12(11)15-16-14/h4-8H,3,9H2,1-2H3/b10-8-. The quantitative estimate of drug-likeness (QED) is 0.261. The van der Waals surface area contributed by atoms with E-state index in [4.69, 9.17) is 5.53 Å². The molecule has 0 radical (unpaired) electrons. The predicted octanol–water partition coefficient (Wildman–Crippen LogP) is 3.68. The Bertz CT molecular complexity index is 503. The number of hydrogen-bond acceptors (Lipinski definition) is 3. The van der Waals surface area contributed by atoms with Gasteiger partial charge in [0.05, 0.1) is 7.11 Å². The zero-order chi connectivity index (χ0) is 13.4. The van der Waals surface area contributed by atoms with Crippen LogP contribution in [0.4, 0.5) is 5.69 Å². The number of benzene rings is 1. The summed E-state index contributed by atoms with van der Waals surface area (Å²) in [6.07, 6.45) is 2.95. The number of nitrogens with zero attached hydrogens (tertiary/aromatic N) is 3. The highest BCUT2D eigenvalue weighted by atomic mass is 16.5. The van der Waals surface area contributed by atoms with Crippen molar-refractivity contribution in [1.29, 1.82) is 0 Å². The van der Waals surface area contributed by atoms with E-state index in [1.807, 2.05) is 19.1 Å². The highest BCUT2D eigenvalue weighted by Gasteiger charge is 2.06. The van der Waals surface area contributed by atoms with E-state index in [-0.39, 0.29) is 5.97 Å². The molecular formula is C13H15N3O2. The summed E-state index contributed by atoms with van der Waals surface area (Å²) in [5.74, 6) is -0.321. The zero-order valence-electron chi connectivity index (χ0n) is 10.5. The van der Waals surface area contributed by atoms with Gasteiger partial charge in [0.25, 0.3) is 0 Å². The molecule has 0 aliphatic rings. The lowest BCUT2D eigenvalue weighted by molar-refractivity contribution is -0.136. The first-order chi connectivity index (χ1) is 8.72. The number of rotatable bonds is 5. The Balaban J connectivity index is 2.94. The van der Waals surface area contributed by atoms with Gasteiger partial charge in [0.15, 0.2) is 0 Å². The number of esters is 1. The van der Waals surface area contributed by atoms with E-state index >= 15 is 0 Å². The van der Waals surface area contributed by atoms with Gasteiger partial charge in [-0.15, -0.1) is 0 Å². The minimum Gasteiger partial charge on any atom is -0.466 e. The van der Waals surface area contributed by atoms with Crippen LogP contribution < -0.4 is 0 Å². The van der Waals surface area contributed by atoms with Crippen molar-refractivity contribution in [3.63, 3.8) is 0 Å². The minimum atomic E-state index is -0.321. The Labute approximate surface area is 106 Å². The van der Waals surface area contributed by atoms with Crippen LogP contribution in [-0.4, -0.2) is 13.1 Å². The first-order valence-corrected chi connectivity index (χ1v) is 5.63. The molecule has 0 fully saturated rings. The van der Waals surface area contributed by atoms with Gasteiger partial charge in [-0.1, -0.05) is 42.4 Å². The van der Waals surface area contributed by atoms with Gasteiger partial charge >= 0.3 is 5.97 Å². The fourth-order valence-electron chi connectivity index (χ4n) is 1.57. The van der Waals surface area contributed by atoms with Crippen molar-refractivity contribution in [2.75, 3.05) is 7.11 Å². The average molecular weight is 245 g/mol. The van der Waals surface area contributed by atoms with Gasteiger partial charge in [0, 0.05) is 16.2 Å². The fourth-order valence-corrected chi connectivity index (χ4v) is 1.57. The number of carbonyl (C=O) groups is 1. The molecule has 0 aromatic heterocycles. The van der Waals surface area contributed by atoms with E-state index in [2.05, 4.69) is 14.8 Å². The van der Waals surface area contributed by atoms with Gasteiger partial charge in [-0.05, 0) is 23.9 Å². The maximum atomic E-state index is 11.4. The van der Waals surface area contributed by atoms with Gasteiger partial charge in [0.1, 0.15) is 0 Å². The smallest absolute Gasteiger partial charge is 0.333 e.